The van der Waals surface area contributed by atoms with Gasteiger partial charge in [-0.05, 0) is 13.3 Å². The van der Waals surface area contributed by atoms with Crippen molar-refractivity contribution in [2.45, 2.75) is 37.3 Å². The molecule has 0 saturated heterocycles. The number of carbonyl (C=O) groups is 1. The van der Waals surface area contributed by atoms with Crippen LogP contribution in [0.4, 0.5) is 26.3 Å². The highest BCUT2D eigenvalue weighted by molar-refractivity contribution is 5.79. The van der Waals surface area contributed by atoms with Crippen LogP contribution >= 0.6 is 0 Å². The number of ether oxygens (including phenoxy) is 2. The van der Waals surface area contributed by atoms with E-state index < -0.39 is 43.0 Å². The lowest BCUT2D eigenvalue weighted by molar-refractivity contribution is -0.322. The SMILES string of the molecule is COC(=O)C(C)(N)CCOC(C(F)(F)F)C(F)(F)F. The first kappa shape index (κ1) is 18.0. The van der Waals surface area contributed by atoms with E-state index in [4.69, 9.17) is 5.73 Å². The number of nitrogens with two attached hydrogens (primary N) is 1. The number of hydrogen-bond donors (Lipinski definition) is 1. The van der Waals surface area contributed by atoms with Crippen LogP contribution in [0.25, 0.3) is 0 Å². The van der Waals surface area contributed by atoms with Crippen molar-refractivity contribution in [3.8, 4) is 0 Å². The minimum absolute atomic E-state index is 0.553. The summed E-state index contributed by atoms with van der Waals surface area (Å²) in [6, 6.07) is 0. The molecular weight excluding hydrogens is 284 g/mol. The topological polar surface area (TPSA) is 61.5 Å². The van der Waals surface area contributed by atoms with E-state index in [2.05, 4.69) is 9.47 Å². The third kappa shape index (κ3) is 5.64. The van der Waals surface area contributed by atoms with Crippen molar-refractivity contribution in [1.82, 2.24) is 0 Å². The maximum Gasteiger partial charge on any atom is 0.423 e. The zero-order chi connectivity index (χ0) is 15.5. The Kier molecular flexibility index (Phi) is 5.63. The predicted octanol–water partition coefficient (Wildman–Crippen LogP) is 1.78. The number of rotatable bonds is 5. The summed E-state index contributed by atoms with van der Waals surface area (Å²) in [6.07, 6.45) is -15.6. The second-order valence-electron chi connectivity index (χ2n) is 3.99. The van der Waals surface area contributed by atoms with Gasteiger partial charge < -0.3 is 15.2 Å². The van der Waals surface area contributed by atoms with Crippen LogP contribution < -0.4 is 5.73 Å². The fraction of sp³-hybridized carbons (Fsp3) is 0.889. The second-order valence-corrected chi connectivity index (χ2v) is 3.99. The Balaban J connectivity index is 4.57. The van der Waals surface area contributed by atoms with Crippen LogP contribution in [0.5, 0.6) is 0 Å². The molecule has 0 rings (SSSR count). The fourth-order valence-corrected chi connectivity index (χ4v) is 1.10. The summed E-state index contributed by atoms with van der Waals surface area (Å²) in [6.45, 7) is 0.115. The highest BCUT2D eigenvalue weighted by atomic mass is 19.4. The van der Waals surface area contributed by atoms with Crippen LogP contribution in [0.1, 0.15) is 13.3 Å². The van der Waals surface area contributed by atoms with Crippen molar-refractivity contribution in [2.24, 2.45) is 5.73 Å². The molecule has 0 aliphatic rings. The van der Waals surface area contributed by atoms with Gasteiger partial charge in [0.25, 0.3) is 0 Å². The lowest BCUT2D eigenvalue weighted by Crippen LogP contribution is -2.49. The van der Waals surface area contributed by atoms with Crippen LogP contribution in [0, 0.1) is 0 Å². The first-order valence-corrected chi connectivity index (χ1v) is 4.94. The molecule has 10 heteroatoms. The molecule has 0 aromatic heterocycles. The summed E-state index contributed by atoms with van der Waals surface area (Å²) in [5, 5.41) is 0. The Morgan fingerprint density at radius 1 is 1.16 bits per heavy atom. The number of hydrogen-bond acceptors (Lipinski definition) is 4. The molecule has 2 N–H and O–H groups in total. The fourth-order valence-electron chi connectivity index (χ4n) is 1.10. The molecule has 0 aliphatic carbocycles. The molecule has 0 saturated carbocycles. The largest absolute Gasteiger partial charge is 0.468 e. The van der Waals surface area contributed by atoms with Gasteiger partial charge in [0.1, 0.15) is 5.54 Å². The van der Waals surface area contributed by atoms with Gasteiger partial charge in [-0.25, -0.2) is 0 Å². The molecule has 0 amide bonds. The number of methoxy groups -OCH3 is 1. The molecule has 19 heavy (non-hydrogen) atoms. The maximum atomic E-state index is 12.1. The molecule has 0 aliphatic heterocycles. The molecule has 0 aromatic carbocycles. The van der Waals surface area contributed by atoms with Crippen molar-refractivity contribution >= 4 is 5.97 Å². The minimum Gasteiger partial charge on any atom is -0.468 e. The number of alkyl halides is 6. The van der Waals surface area contributed by atoms with Crippen LogP contribution in [-0.2, 0) is 14.3 Å². The molecule has 0 fully saturated rings. The van der Waals surface area contributed by atoms with Gasteiger partial charge in [-0.15, -0.1) is 0 Å². The van der Waals surface area contributed by atoms with E-state index in [-0.39, 0.29) is 0 Å². The van der Waals surface area contributed by atoms with Gasteiger partial charge >= 0.3 is 18.3 Å². The summed E-state index contributed by atoms with van der Waals surface area (Å²) in [4.78, 5) is 11.1. The summed E-state index contributed by atoms with van der Waals surface area (Å²) < 4.78 is 80.6. The Labute approximate surface area is 104 Å². The summed E-state index contributed by atoms with van der Waals surface area (Å²) in [7, 11) is 0.989. The zero-order valence-corrected chi connectivity index (χ0v) is 10.1. The predicted molar refractivity (Wildman–Crippen MR) is 51.1 cm³/mol. The average Bonchev–Trinajstić information content (AvgIpc) is 2.19. The van der Waals surface area contributed by atoms with Gasteiger partial charge in [0, 0.05) is 0 Å². The molecular formula is C9H13F6NO3. The lowest BCUT2D eigenvalue weighted by atomic mass is 10.0. The van der Waals surface area contributed by atoms with Crippen LogP contribution in [-0.4, -0.2) is 43.7 Å². The van der Waals surface area contributed by atoms with Crippen LogP contribution in [0.3, 0.4) is 0 Å². The van der Waals surface area contributed by atoms with E-state index >= 15 is 0 Å². The molecule has 1 atom stereocenters. The van der Waals surface area contributed by atoms with E-state index in [1.165, 1.54) is 0 Å². The van der Waals surface area contributed by atoms with E-state index in [0.717, 1.165) is 14.0 Å². The number of esters is 1. The lowest BCUT2D eigenvalue weighted by Gasteiger charge is -2.26. The van der Waals surface area contributed by atoms with Gasteiger partial charge in [0.15, 0.2) is 0 Å². The molecule has 4 nitrogen and oxygen atoms in total. The third-order valence-corrected chi connectivity index (χ3v) is 2.15. The van der Waals surface area contributed by atoms with Gasteiger partial charge in [0.05, 0.1) is 13.7 Å². The van der Waals surface area contributed by atoms with Crippen LogP contribution in [0.2, 0.25) is 0 Å². The molecule has 0 heterocycles. The molecule has 1 unspecified atom stereocenters. The van der Waals surface area contributed by atoms with E-state index in [0.29, 0.717) is 0 Å². The van der Waals surface area contributed by atoms with Crippen molar-refractivity contribution in [2.75, 3.05) is 13.7 Å². The van der Waals surface area contributed by atoms with Crippen molar-refractivity contribution in [3.63, 3.8) is 0 Å². The van der Waals surface area contributed by atoms with Crippen molar-refractivity contribution in [3.05, 3.63) is 0 Å². The third-order valence-electron chi connectivity index (χ3n) is 2.15. The van der Waals surface area contributed by atoms with Crippen LogP contribution in [0.15, 0.2) is 0 Å². The summed E-state index contributed by atoms with van der Waals surface area (Å²) >= 11 is 0. The Morgan fingerprint density at radius 2 is 1.58 bits per heavy atom. The highest BCUT2D eigenvalue weighted by Gasteiger charge is 2.58. The van der Waals surface area contributed by atoms with Crippen molar-refractivity contribution in [1.29, 1.82) is 0 Å². The summed E-state index contributed by atoms with van der Waals surface area (Å²) in [5.74, 6) is -0.966. The normalized spacial score (nSPS) is 16.3. The van der Waals surface area contributed by atoms with Gasteiger partial charge in [0.2, 0.25) is 6.10 Å². The standard InChI is InChI=1S/C9H13F6NO3/c1-7(16,6(17)18-2)3-4-19-5(8(10,11)12)9(13,14)15/h5H,3-4,16H2,1-2H3. The average molecular weight is 297 g/mol. The molecule has 0 radical (unpaired) electrons. The Hall–Kier alpha value is -1.03. The molecule has 0 spiro atoms. The molecule has 114 valence electrons. The first-order valence-electron chi connectivity index (χ1n) is 4.94. The van der Waals surface area contributed by atoms with E-state index in [1.807, 2.05) is 0 Å². The number of halogens is 6. The van der Waals surface area contributed by atoms with Gasteiger partial charge in [-0.1, -0.05) is 0 Å². The maximum absolute atomic E-state index is 12.1. The summed E-state index contributed by atoms with van der Waals surface area (Å²) in [5.41, 5.74) is 3.63. The zero-order valence-electron chi connectivity index (χ0n) is 10.1. The molecule has 0 aromatic rings. The highest BCUT2D eigenvalue weighted by Crippen LogP contribution is 2.35. The Bertz CT molecular complexity index is 298. The van der Waals surface area contributed by atoms with E-state index in [9.17, 15) is 31.1 Å². The number of carbonyl (C=O) groups excluding carboxylic acids is 1. The smallest absolute Gasteiger partial charge is 0.423 e. The van der Waals surface area contributed by atoms with Crippen molar-refractivity contribution < 1.29 is 40.6 Å². The Morgan fingerprint density at radius 3 is 1.89 bits per heavy atom. The first-order chi connectivity index (χ1) is 8.32. The van der Waals surface area contributed by atoms with Gasteiger partial charge in [-0.3, -0.25) is 4.79 Å². The second kappa shape index (κ2) is 5.95. The molecule has 0 bridgehead atoms. The quantitative estimate of drug-likeness (QED) is 0.620. The van der Waals surface area contributed by atoms with Gasteiger partial charge in [-0.2, -0.15) is 26.3 Å². The van der Waals surface area contributed by atoms with E-state index in [1.54, 1.807) is 0 Å². The minimum atomic E-state index is -5.59. The monoisotopic (exact) mass is 297 g/mol.